The second-order valence-corrected chi connectivity index (χ2v) is 5.89. The standard InChI is InChI=1S/C10H10N2O2.C10H13NO3/c1-12-8-4-2-7(3-5-8)9(11)6-10(13)14;1-14-8-4-2-7(3-5-8)9(11)6-10(12)13/h2-5,9H,6,11H2,(H,13,14);2-5,9H,6,11H2,1H3,(H,12,13). The van der Waals surface area contributed by atoms with E-state index in [1.54, 1.807) is 55.6 Å². The third kappa shape index (κ3) is 7.86. The van der Waals surface area contributed by atoms with Crippen LogP contribution >= 0.6 is 0 Å². The van der Waals surface area contributed by atoms with Gasteiger partial charge < -0.3 is 26.4 Å². The van der Waals surface area contributed by atoms with Crippen LogP contribution in [0.2, 0.25) is 0 Å². The Bertz CT molecular complexity index is 813. The van der Waals surface area contributed by atoms with E-state index in [-0.39, 0.29) is 12.8 Å². The first-order valence-electron chi connectivity index (χ1n) is 8.33. The number of hydrogen-bond acceptors (Lipinski definition) is 5. The number of benzene rings is 2. The molecule has 8 nitrogen and oxygen atoms in total. The SMILES string of the molecule is COc1ccc(C(N)CC(=O)O)cc1.[C-]#[N+]c1ccc(C(N)CC(=O)O)cc1. The predicted octanol–water partition coefficient (Wildman–Crippen LogP) is 2.88. The number of nitrogens with zero attached hydrogens (tertiary/aromatic N) is 1. The zero-order valence-corrected chi connectivity index (χ0v) is 15.4. The molecule has 0 saturated carbocycles. The third-order valence-electron chi connectivity index (χ3n) is 3.78. The first kappa shape index (κ1) is 22.6. The van der Waals surface area contributed by atoms with Crippen molar-refractivity contribution in [2.45, 2.75) is 24.9 Å². The van der Waals surface area contributed by atoms with Crippen molar-refractivity contribution in [1.82, 2.24) is 0 Å². The number of aliphatic carboxylic acids is 2. The topological polar surface area (TPSA) is 140 Å². The Labute approximate surface area is 163 Å². The molecule has 2 aromatic rings. The predicted molar refractivity (Wildman–Crippen MR) is 104 cm³/mol. The average molecular weight is 385 g/mol. The van der Waals surface area contributed by atoms with Gasteiger partial charge in [0.15, 0.2) is 5.69 Å². The van der Waals surface area contributed by atoms with Gasteiger partial charge in [-0.2, -0.15) is 0 Å². The van der Waals surface area contributed by atoms with E-state index in [2.05, 4.69) is 4.85 Å². The van der Waals surface area contributed by atoms with Crippen LogP contribution in [0.3, 0.4) is 0 Å². The number of carbonyl (C=O) groups is 2. The van der Waals surface area contributed by atoms with Crippen LogP contribution < -0.4 is 16.2 Å². The third-order valence-corrected chi connectivity index (χ3v) is 3.78. The van der Waals surface area contributed by atoms with Crippen LogP contribution in [0.5, 0.6) is 5.75 Å². The fraction of sp³-hybridized carbons (Fsp3) is 0.250. The monoisotopic (exact) mass is 385 g/mol. The molecule has 0 bridgehead atoms. The Balaban J connectivity index is 0.000000280. The molecule has 0 radical (unpaired) electrons. The lowest BCUT2D eigenvalue weighted by Crippen LogP contribution is -2.14. The van der Waals surface area contributed by atoms with Crippen molar-refractivity contribution in [2.75, 3.05) is 7.11 Å². The summed E-state index contributed by atoms with van der Waals surface area (Å²) in [6.45, 7) is 6.73. The van der Waals surface area contributed by atoms with Gasteiger partial charge in [-0.25, -0.2) is 4.85 Å². The van der Waals surface area contributed by atoms with Gasteiger partial charge >= 0.3 is 11.9 Å². The van der Waals surface area contributed by atoms with Gasteiger partial charge in [0, 0.05) is 12.1 Å². The molecule has 2 unspecified atom stereocenters. The fourth-order valence-electron chi connectivity index (χ4n) is 2.26. The number of carboxylic acid groups (broad SMARTS) is 2. The van der Waals surface area contributed by atoms with Gasteiger partial charge in [0.25, 0.3) is 0 Å². The summed E-state index contributed by atoms with van der Waals surface area (Å²) in [6, 6.07) is 12.7. The Hall–Kier alpha value is -3.41. The number of hydrogen-bond donors (Lipinski definition) is 4. The molecular formula is C20H23N3O5. The van der Waals surface area contributed by atoms with Gasteiger partial charge in [-0.05, 0) is 23.3 Å². The van der Waals surface area contributed by atoms with Gasteiger partial charge in [-0.3, -0.25) is 9.59 Å². The molecule has 0 fully saturated rings. The second-order valence-electron chi connectivity index (χ2n) is 5.89. The maximum atomic E-state index is 10.4. The molecule has 8 heteroatoms. The highest BCUT2D eigenvalue weighted by atomic mass is 16.5. The van der Waals surface area contributed by atoms with E-state index in [0.29, 0.717) is 5.69 Å². The summed E-state index contributed by atoms with van der Waals surface area (Å²) in [5, 5.41) is 17.1. The maximum absolute atomic E-state index is 10.4. The fourth-order valence-corrected chi connectivity index (χ4v) is 2.26. The van der Waals surface area contributed by atoms with E-state index in [4.69, 9.17) is 33.0 Å². The molecule has 0 heterocycles. The Morgan fingerprint density at radius 3 is 1.64 bits per heavy atom. The summed E-state index contributed by atoms with van der Waals surface area (Å²) < 4.78 is 4.97. The van der Waals surface area contributed by atoms with E-state index in [1.165, 1.54) is 0 Å². The highest BCUT2D eigenvalue weighted by Crippen LogP contribution is 2.19. The highest BCUT2D eigenvalue weighted by Gasteiger charge is 2.10. The molecule has 28 heavy (non-hydrogen) atoms. The maximum Gasteiger partial charge on any atom is 0.305 e. The minimum Gasteiger partial charge on any atom is -0.497 e. The largest absolute Gasteiger partial charge is 0.497 e. The lowest BCUT2D eigenvalue weighted by molar-refractivity contribution is -0.138. The van der Waals surface area contributed by atoms with Crippen LogP contribution in [0, 0.1) is 6.57 Å². The quantitative estimate of drug-likeness (QED) is 0.537. The molecule has 148 valence electrons. The summed E-state index contributed by atoms with van der Waals surface area (Å²) in [5.41, 5.74) is 13.4. The first-order chi connectivity index (χ1) is 13.3. The number of rotatable bonds is 7. The van der Waals surface area contributed by atoms with E-state index >= 15 is 0 Å². The molecule has 2 rings (SSSR count). The minimum atomic E-state index is -0.924. The molecule has 0 aliphatic carbocycles. The summed E-state index contributed by atoms with van der Waals surface area (Å²) in [4.78, 5) is 24.0. The molecule has 0 aliphatic rings. The summed E-state index contributed by atoms with van der Waals surface area (Å²) >= 11 is 0. The van der Waals surface area contributed by atoms with Crippen LogP contribution in [-0.2, 0) is 9.59 Å². The van der Waals surface area contributed by atoms with Crippen LogP contribution in [0.1, 0.15) is 36.1 Å². The van der Waals surface area contributed by atoms with Crippen molar-refractivity contribution in [3.05, 3.63) is 71.1 Å². The van der Waals surface area contributed by atoms with Gasteiger partial charge in [0.05, 0.1) is 26.5 Å². The average Bonchev–Trinajstić information content (AvgIpc) is 2.67. The van der Waals surface area contributed by atoms with Crippen molar-refractivity contribution in [1.29, 1.82) is 0 Å². The van der Waals surface area contributed by atoms with Gasteiger partial charge in [-0.15, -0.1) is 0 Å². The summed E-state index contributed by atoms with van der Waals surface area (Å²) in [5.74, 6) is -1.09. The molecule has 6 N–H and O–H groups in total. The Morgan fingerprint density at radius 1 is 0.929 bits per heavy atom. The molecule has 0 aliphatic heterocycles. The number of ether oxygens (including phenoxy) is 1. The van der Waals surface area contributed by atoms with E-state index in [1.807, 2.05) is 0 Å². The molecule has 0 spiro atoms. The normalized spacial score (nSPS) is 11.9. The lowest BCUT2D eigenvalue weighted by Gasteiger charge is -2.09. The molecule has 0 aromatic heterocycles. The van der Waals surface area contributed by atoms with Crippen molar-refractivity contribution in [2.24, 2.45) is 11.5 Å². The van der Waals surface area contributed by atoms with Crippen molar-refractivity contribution in [3.63, 3.8) is 0 Å². The molecule has 2 aromatic carbocycles. The number of carboxylic acids is 2. The number of nitrogens with two attached hydrogens (primary N) is 2. The second kappa shape index (κ2) is 11.3. The summed E-state index contributed by atoms with van der Waals surface area (Å²) in [7, 11) is 1.58. The smallest absolute Gasteiger partial charge is 0.305 e. The minimum absolute atomic E-state index is 0.0632. The molecule has 2 atom stereocenters. The zero-order valence-electron chi connectivity index (χ0n) is 15.4. The van der Waals surface area contributed by atoms with Crippen molar-refractivity contribution < 1.29 is 24.5 Å². The van der Waals surface area contributed by atoms with Crippen LogP contribution in [0.4, 0.5) is 5.69 Å². The molecule has 0 saturated heterocycles. The van der Waals surface area contributed by atoms with Gasteiger partial charge in [0.1, 0.15) is 5.75 Å². The van der Waals surface area contributed by atoms with Crippen LogP contribution in [0.25, 0.3) is 4.85 Å². The van der Waals surface area contributed by atoms with Crippen LogP contribution in [-0.4, -0.2) is 29.3 Å². The highest BCUT2D eigenvalue weighted by molar-refractivity contribution is 5.68. The van der Waals surface area contributed by atoms with E-state index in [0.717, 1.165) is 16.9 Å². The van der Waals surface area contributed by atoms with Gasteiger partial charge in [0.2, 0.25) is 0 Å². The van der Waals surface area contributed by atoms with Crippen molar-refractivity contribution in [3.8, 4) is 5.75 Å². The number of methoxy groups -OCH3 is 1. The van der Waals surface area contributed by atoms with Crippen molar-refractivity contribution >= 4 is 17.6 Å². The van der Waals surface area contributed by atoms with Gasteiger partial charge in [-0.1, -0.05) is 36.4 Å². The summed E-state index contributed by atoms with van der Waals surface area (Å²) in [6.07, 6.45) is -0.163. The van der Waals surface area contributed by atoms with Crippen LogP contribution in [0.15, 0.2) is 48.5 Å². The van der Waals surface area contributed by atoms with E-state index < -0.39 is 24.0 Å². The van der Waals surface area contributed by atoms with E-state index in [9.17, 15) is 9.59 Å². The molecular weight excluding hydrogens is 362 g/mol. The molecule has 0 amide bonds. The Kier molecular flexibility index (Phi) is 9.16. The lowest BCUT2D eigenvalue weighted by atomic mass is 10.0. The first-order valence-corrected chi connectivity index (χ1v) is 8.33. The Morgan fingerprint density at radius 2 is 1.32 bits per heavy atom. The zero-order chi connectivity index (χ0) is 21.1.